The van der Waals surface area contributed by atoms with Gasteiger partial charge in [-0.2, -0.15) is 0 Å². The fourth-order valence-corrected chi connectivity index (χ4v) is 11.0. The predicted octanol–water partition coefficient (Wildman–Crippen LogP) is 18.1. The molecule has 6 N–H and O–H groups in total. The summed E-state index contributed by atoms with van der Waals surface area (Å²) in [6.07, 6.45) is 72.5. The maximum Gasteiger partial charge on any atom is 0.305 e. The first-order valence-electron chi connectivity index (χ1n) is 35.6. The predicted molar refractivity (Wildman–Crippen MR) is 352 cm³/mol. The zero-order valence-electron chi connectivity index (χ0n) is 54.4. The molecule has 0 aromatic rings. The molecular formula is C73H133NO10. The molecule has 0 saturated carbocycles. The molecule has 0 aromatic carbocycles. The van der Waals surface area contributed by atoms with E-state index in [-0.39, 0.29) is 18.5 Å². The summed E-state index contributed by atoms with van der Waals surface area (Å²) >= 11 is 0. The molecule has 1 heterocycles. The summed E-state index contributed by atoms with van der Waals surface area (Å²) in [5, 5.41) is 54.3. The number of nitrogens with one attached hydrogen (secondary N) is 1. The molecule has 1 fully saturated rings. The number of rotatable bonds is 62. The fraction of sp³-hybridized carbons (Fsp3) is 0.836. The SMILES string of the molecule is CC/C=C/CC/C=C/CC/C=C/C(O)C(COC1OC(CO)C(O)C(O)C1O)NC(=O)CCCCCCCCCCCCCCCCCCC/C=C\C/C=C\CCCCCCCCCCCCCOC(=O)CCCCCCCCCCCCC. The third kappa shape index (κ3) is 50.4. The van der Waals surface area contributed by atoms with Gasteiger partial charge in [0.1, 0.15) is 24.4 Å². The van der Waals surface area contributed by atoms with Gasteiger partial charge in [0, 0.05) is 12.8 Å². The van der Waals surface area contributed by atoms with E-state index in [2.05, 4.69) is 67.8 Å². The third-order valence-corrected chi connectivity index (χ3v) is 16.6. The molecule has 84 heavy (non-hydrogen) atoms. The quantitative estimate of drug-likeness (QED) is 0.0195. The van der Waals surface area contributed by atoms with Crippen molar-refractivity contribution in [2.45, 2.75) is 371 Å². The van der Waals surface area contributed by atoms with Crippen LogP contribution in [-0.2, 0) is 23.8 Å². The minimum absolute atomic E-state index is 0.00923. The number of ether oxygens (including phenoxy) is 3. The summed E-state index contributed by atoms with van der Waals surface area (Å²) in [6.45, 7) is 4.22. The van der Waals surface area contributed by atoms with Gasteiger partial charge in [-0.25, -0.2) is 0 Å². The molecule has 7 unspecified atom stereocenters. The zero-order chi connectivity index (χ0) is 60.9. The molecule has 1 aliphatic heterocycles. The lowest BCUT2D eigenvalue weighted by atomic mass is 9.99. The number of carbonyl (C=O) groups is 2. The largest absolute Gasteiger partial charge is 0.466 e. The molecule has 1 amide bonds. The van der Waals surface area contributed by atoms with Gasteiger partial charge >= 0.3 is 5.97 Å². The van der Waals surface area contributed by atoms with Crippen molar-refractivity contribution in [1.82, 2.24) is 5.32 Å². The molecule has 0 spiro atoms. The molecule has 11 nitrogen and oxygen atoms in total. The van der Waals surface area contributed by atoms with Gasteiger partial charge in [-0.15, -0.1) is 0 Å². The van der Waals surface area contributed by atoms with E-state index >= 15 is 0 Å². The van der Waals surface area contributed by atoms with Crippen LogP contribution in [0.15, 0.2) is 60.8 Å². The normalized spacial score (nSPS) is 18.4. The average Bonchev–Trinajstić information content (AvgIpc) is 3.69. The van der Waals surface area contributed by atoms with E-state index in [1.54, 1.807) is 6.08 Å². The van der Waals surface area contributed by atoms with Crippen molar-refractivity contribution < 1.29 is 49.3 Å². The number of carbonyl (C=O) groups excluding carboxylic acids is 2. The second kappa shape index (κ2) is 62.0. The molecule has 0 radical (unpaired) electrons. The van der Waals surface area contributed by atoms with Gasteiger partial charge in [-0.05, 0) is 83.5 Å². The maximum atomic E-state index is 13.0. The summed E-state index contributed by atoms with van der Waals surface area (Å²) in [7, 11) is 0. The van der Waals surface area contributed by atoms with E-state index in [0.717, 1.165) is 70.6 Å². The van der Waals surface area contributed by atoms with Gasteiger partial charge in [0.15, 0.2) is 6.29 Å². The molecule has 1 aliphatic rings. The smallest absolute Gasteiger partial charge is 0.305 e. The highest BCUT2D eigenvalue weighted by atomic mass is 16.7. The number of aliphatic hydroxyl groups is 5. The van der Waals surface area contributed by atoms with Crippen LogP contribution in [0.25, 0.3) is 0 Å². The van der Waals surface area contributed by atoms with Crippen LogP contribution >= 0.6 is 0 Å². The molecular weight excluding hydrogens is 1050 g/mol. The number of amides is 1. The van der Waals surface area contributed by atoms with Crippen LogP contribution in [0, 0.1) is 0 Å². The van der Waals surface area contributed by atoms with Gasteiger partial charge in [-0.1, -0.05) is 293 Å². The summed E-state index contributed by atoms with van der Waals surface area (Å²) in [5.74, 6) is -0.187. The van der Waals surface area contributed by atoms with Crippen LogP contribution < -0.4 is 5.32 Å². The highest BCUT2D eigenvalue weighted by Gasteiger charge is 2.44. The number of allylic oxidation sites excluding steroid dienone is 9. The standard InChI is InChI=1S/C73H133NO10/c1-3-5-7-9-11-13-40-45-49-53-57-61-69(78)82-62-58-54-50-46-42-39-37-35-33-31-29-27-25-23-21-19-17-15-16-18-20-22-24-26-28-30-32-34-36-38-41-44-48-52-56-60-68(77)74-65(64-83-73-72(81)71(80)70(79)67(63-75)84-73)66(76)59-55-51-47-43-14-12-10-8-6-4-2/h6,8,14,17,19,23,25,43,55,59,65-67,70-73,75-76,79-81H,3-5,7,9-13,15-16,18,20-22,24,26-42,44-54,56-58,60-64H2,1-2H3,(H,74,77)/b8-6+,19-17-,25-23-,43-14+,59-55+. The molecule has 1 rings (SSSR count). The summed E-state index contributed by atoms with van der Waals surface area (Å²) in [4.78, 5) is 25.0. The van der Waals surface area contributed by atoms with Crippen LogP contribution in [0.2, 0.25) is 0 Å². The Balaban J connectivity index is 1.93. The first-order valence-corrected chi connectivity index (χ1v) is 35.6. The van der Waals surface area contributed by atoms with E-state index < -0.39 is 49.5 Å². The lowest BCUT2D eigenvalue weighted by Crippen LogP contribution is -2.60. The zero-order valence-corrected chi connectivity index (χ0v) is 54.4. The first kappa shape index (κ1) is 79.4. The monoisotopic (exact) mass is 1180 g/mol. The van der Waals surface area contributed by atoms with Crippen LogP contribution in [0.4, 0.5) is 0 Å². The third-order valence-electron chi connectivity index (χ3n) is 16.6. The molecule has 490 valence electrons. The molecule has 1 saturated heterocycles. The summed E-state index contributed by atoms with van der Waals surface area (Å²) in [6, 6.07) is -0.833. The van der Waals surface area contributed by atoms with Gasteiger partial charge < -0.3 is 45.1 Å². The van der Waals surface area contributed by atoms with Gasteiger partial charge in [-0.3, -0.25) is 9.59 Å². The molecule has 7 atom stereocenters. The number of unbranched alkanes of at least 4 members (excludes halogenated alkanes) is 40. The van der Waals surface area contributed by atoms with E-state index in [4.69, 9.17) is 14.2 Å². The second-order valence-corrected chi connectivity index (χ2v) is 24.5. The number of esters is 1. The topological polar surface area (TPSA) is 175 Å². The Labute approximate surface area is 516 Å². The Bertz CT molecular complexity index is 1580. The minimum atomic E-state index is -1.58. The Morgan fingerprint density at radius 1 is 0.452 bits per heavy atom. The molecule has 11 heteroatoms. The van der Waals surface area contributed by atoms with Gasteiger partial charge in [0.05, 0.1) is 32.0 Å². The molecule has 0 aliphatic carbocycles. The Morgan fingerprint density at radius 3 is 1.30 bits per heavy atom. The molecule has 0 bridgehead atoms. The van der Waals surface area contributed by atoms with Crippen molar-refractivity contribution in [1.29, 1.82) is 0 Å². The van der Waals surface area contributed by atoms with Crippen molar-refractivity contribution in [3.8, 4) is 0 Å². The number of hydrogen-bond donors (Lipinski definition) is 6. The van der Waals surface area contributed by atoms with Crippen molar-refractivity contribution in [2.75, 3.05) is 19.8 Å². The Kier molecular flexibility index (Phi) is 58.6. The summed E-state index contributed by atoms with van der Waals surface area (Å²) < 4.78 is 16.7. The van der Waals surface area contributed by atoms with Crippen LogP contribution in [0.3, 0.4) is 0 Å². The van der Waals surface area contributed by atoms with Crippen LogP contribution in [-0.4, -0.2) is 100 Å². The van der Waals surface area contributed by atoms with Crippen molar-refractivity contribution in [3.05, 3.63) is 60.8 Å². The van der Waals surface area contributed by atoms with Crippen molar-refractivity contribution >= 4 is 11.9 Å². The first-order chi connectivity index (χ1) is 41.2. The number of hydrogen-bond acceptors (Lipinski definition) is 10. The number of aliphatic hydroxyl groups excluding tert-OH is 5. The van der Waals surface area contributed by atoms with Crippen molar-refractivity contribution in [3.63, 3.8) is 0 Å². The highest BCUT2D eigenvalue weighted by Crippen LogP contribution is 2.23. The van der Waals surface area contributed by atoms with E-state index in [1.807, 2.05) is 6.08 Å². The second-order valence-electron chi connectivity index (χ2n) is 24.5. The Hall–Kier alpha value is -2.64. The van der Waals surface area contributed by atoms with Crippen LogP contribution in [0.5, 0.6) is 0 Å². The fourth-order valence-electron chi connectivity index (χ4n) is 11.0. The van der Waals surface area contributed by atoms with Crippen molar-refractivity contribution in [2.24, 2.45) is 0 Å². The minimum Gasteiger partial charge on any atom is -0.466 e. The highest BCUT2D eigenvalue weighted by molar-refractivity contribution is 5.76. The van der Waals surface area contributed by atoms with Crippen LogP contribution in [0.1, 0.15) is 328 Å². The summed E-state index contributed by atoms with van der Waals surface area (Å²) in [5.41, 5.74) is 0. The lowest BCUT2D eigenvalue weighted by Gasteiger charge is -2.40. The van der Waals surface area contributed by atoms with E-state index in [9.17, 15) is 35.1 Å². The van der Waals surface area contributed by atoms with Gasteiger partial charge in [0.25, 0.3) is 0 Å². The van der Waals surface area contributed by atoms with Gasteiger partial charge in [0.2, 0.25) is 5.91 Å². The maximum absolute atomic E-state index is 13.0. The lowest BCUT2D eigenvalue weighted by molar-refractivity contribution is -0.302. The van der Waals surface area contributed by atoms with E-state index in [0.29, 0.717) is 19.4 Å². The Morgan fingerprint density at radius 2 is 0.845 bits per heavy atom. The average molecular weight is 1180 g/mol. The van der Waals surface area contributed by atoms with E-state index in [1.165, 1.54) is 231 Å². The molecule has 0 aromatic heterocycles.